The van der Waals surface area contributed by atoms with Gasteiger partial charge < -0.3 is 10.7 Å². The van der Waals surface area contributed by atoms with E-state index in [0.29, 0.717) is 11.5 Å². The molecular formula is C10H15BrN2O. The number of halogens is 1. The lowest BCUT2D eigenvalue weighted by atomic mass is 10.1. The maximum atomic E-state index is 11.4. The van der Waals surface area contributed by atoms with Crippen LogP contribution < -0.4 is 11.3 Å². The molecule has 1 heterocycles. The van der Waals surface area contributed by atoms with Gasteiger partial charge in [0.1, 0.15) is 0 Å². The summed E-state index contributed by atoms with van der Waals surface area (Å²) in [5.41, 5.74) is 6.91. The summed E-state index contributed by atoms with van der Waals surface area (Å²) >= 11 is 3.42. The number of aromatic amines is 1. The molecule has 4 heteroatoms. The van der Waals surface area contributed by atoms with Gasteiger partial charge in [-0.2, -0.15) is 0 Å². The molecule has 0 aliphatic heterocycles. The Morgan fingerprint density at radius 2 is 2.21 bits per heavy atom. The highest BCUT2D eigenvalue weighted by Crippen LogP contribution is 2.17. The molecule has 0 amide bonds. The maximum Gasteiger partial charge on any atom is 0.252 e. The van der Waals surface area contributed by atoms with Crippen LogP contribution in [0.2, 0.25) is 0 Å². The fourth-order valence-electron chi connectivity index (χ4n) is 1.29. The lowest BCUT2D eigenvalue weighted by molar-refractivity contribution is 0.631. The van der Waals surface area contributed by atoms with Crippen molar-refractivity contribution < 1.29 is 0 Å². The molecule has 1 aromatic heterocycles. The molecule has 0 spiro atoms. The summed E-state index contributed by atoms with van der Waals surface area (Å²) < 4.78 is 0.936. The van der Waals surface area contributed by atoms with Crippen LogP contribution in [0, 0.1) is 5.92 Å². The summed E-state index contributed by atoms with van der Waals surface area (Å²) in [4.78, 5) is 14.3. The van der Waals surface area contributed by atoms with E-state index in [9.17, 15) is 4.79 Å². The summed E-state index contributed by atoms with van der Waals surface area (Å²) in [5, 5.41) is 0. The Hall–Kier alpha value is -0.610. The van der Waals surface area contributed by atoms with Crippen molar-refractivity contribution in [3.8, 4) is 0 Å². The van der Waals surface area contributed by atoms with Gasteiger partial charge in [-0.25, -0.2) is 0 Å². The Kier molecular flexibility index (Phi) is 3.89. The Morgan fingerprint density at radius 1 is 1.57 bits per heavy atom. The molecule has 3 N–H and O–H groups in total. The third kappa shape index (κ3) is 2.69. The first kappa shape index (κ1) is 11.5. The summed E-state index contributed by atoms with van der Waals surface area (Å²) in [7, 11) is 0. The highest BCUT2D eigenvalue weighted by atomic mass is 79.9. The van der Waals surface area contributed by atoms with Crippen molar-refractivity contribution in [2.45, 2.75) is 26.8 Å². The van der Waals surface area contributed by atoms with Crippen LogP contribution in [0.5, 0.6) is 0 Å². The van der Waals surface area contributed by atoms with E-state index in [1.165, 1.54) is 0 Å². The molecular weight excluding hydrogens is 244 g/mol. The van der Waals surface area contributed by atoms with Crippen molar-refractivity contribution in [1.82, 2.24) is 4.98 Å². The van der Waals surface area contributed by atoms with E-state index in [4.69, 9.17) is 5.73 Å². The molecule has 1 rings (SSSR count). The van der Waals surface area contributed by atoms with Crippen LogP contribution in [0.3, 0.4) is 0 Å². The third-order valence-electron chi connectivity index (χ3n) is 1.98. The molecule has 0 unspecified atom stereocenters. The van der Waals surface area contributed by atoms with Crippen molar-refractivity contribution in [3.63, 3.8) is 0 Å². The first-order chi connectivity index (χ1) is 6.54. The highest BCUT2D eigenvalue weighted by molar-refractivity contribution is 9.10. The molecule has 0 aromatic carbocycles. The van der Waals surface area contributed by atoms with Gasteiger partial charge in [0.15, 0.2) is 0 Å². The SMILES string of the molecule is CC(C)Cc1[nH]c(=O)c(CN)cc1Br. The fraction of sp³-hybridized carbons (Fsp3) is 0.500. The second kappa shape index (κ2) is 4.75. The van der Waals surface area contributed by atoms with Gasteiger partial charge in [-0.3, -0.25) is 4.79 Å². The monoisotopic (exact) mass is 258 g/mol. The number of rotatable bonds is 3. The van der Waals surface area contributed by atoms with E-state index in [0.717, 1.165) is 16.6 Å². The van der Waals surface area contributed by atoms with Crippen LogP contribution in [-0.4, -0.2) is 4.98 Å². The van der Waals surface area contributed by atoms with Crippen molar-refractivity contribution in [1.29, 1.82) is 0 Å². The molecule has 0 radical (unpaired) electrons. The van der Waals surface area contributed by atoms with Crippen molar-refractivity contribution in [2.24, 2.45) is 11.7 Å². The minimum Gasteiger partial charge on any atom is -0.326 e. The lowest BCUT2D eigenvalue weighted by Crippen LogP contribution is -2.18. The highest BCUT2D eigenvalue weighted by Gasteiger charge is 2.06. The Balaban J connectivity index is 3.09. The van der Waals surface area contributed by atoms with Crippen molar-refractivity contribution >= 4 is 15.9 Å². The second-order valence-electron chi connectivity index (χ2n) is 3.75. The van der Waals surface area contributed by atoms with Gasteiger partial charge in [0.25, 0.3) is 5.56 Å². The second-order valence-corrected chi connectivity index (χ2v) is 4.61. The average Bonchev–Trinajstić information content (AvgIpc) is 2.10. The zero-order chi connectivity index (χ0) is 10.7. The predicted octanol–water partition coefficient (Wildman–Crippen LogP) is 1.79. The number of nitrogens with two attached hydrogens (primary N) is 1. The number of hydrogen-bond donors (Lipinski definition) is 2. The number of H-pyrrole nitrogens is 1. The normalized spacial score (nSPS) is 10.9. The van der Waals surface area contributed by atoms with Crippen LogP contribution in [0.4, 0.5) is 0 Å². The van der Waals surface area contributed by atoms with Gasteiger partial charge in [-0.15, -0.1) is 0 Å². The zero-order valence-corrected chi connectivity index (χ0v) is 10.0. The summed E-state index contributed by atoms with van der Waals surface area (Å²) in [5.74, 6) is 0.519. The molecule has 0 atom stereocenters. The summed E-state index contributed by atoms with van der Waals surface area (Å²) in [6, 6.07) is 1.80. The molecule has 0 bridgehead atoms. The van der Waals surface area contributed by atoms with Crippen LogP contribution in [0.15, 0.2) is 15.3 Å². The smallest absolute Gasteiger partial charge is 0.252 e. The summed E-state index contributed by atoms with van der Waals surface area (Å²) in [6.45, 7) is 4.50. The average molecular weight is 259 g/mol. The number of hydrogen-bond acceptors (Lipinski definition) is 2. The number of nitrogens with one attached hydrogen (secondary N) is 1. The largest absolute Gasteiger partial charge is 0.326 e. The summed E-state index contributed by atoms with van der Waals surface area (Å²) in [6.07, 6.45) is 0.862. The van der Waals surface area contributed by atoms with Gasteiger partial charge in [0.2, 0.25) is 0 Å². The fourth-order valence-corrected chi connectivity index (χ4v) is 1.83. The molecule has 0 saturated heterocycles. The number of pyridine rings is 1. The first-order valence-corrected chi connectivity index (χ1v) is 5.44. The molecule has 78 valence electrons. The lowest BCUT2D eigenvalue weighted by Gasteiger charge is -2.08. The molecule has 0 aliphatic carbocycles. The Bertz CT molecular complexity index is 371. The number of aromatic nitrogens is 1. The van der Waals surface area contributed by atoms with Crippen LogP contribution in [0.1, 0.15) is 25.1 Å². The molecule has 0 saturated carbocycles. The third-order valence-corrected chi connectivity index (χ3v) is 2.69. The van der Waals surface area contributed by atoms with E-state index in [1.54, 1.807) is 6.07 Å². The van der Waals surface area contributed by atoms with Crippen LogP contribution in [0.25, 0.3) is 0 Å². The van der Waals surface area contributed by atoms with Gasteiger partial charge in [-0.05, 0) is 34.3 Å². The molecule has 1 aromatic rings. The van der Waals surface area contributed by atoms with E-state index in [1.807, 2.05) is 0 Å². The first-order valence-electron chi connectivity index (χ1n) is 4.65. The maximum absolute atomic E-state index is 11.4. The minimum atomic E-state index is -0.0775. The van der Waals surface area contributed by atoms with E-state index >= 15 is 0 Å². The van der Waals surface area contributed by atoms with E-state index in [-0.39, 0.29) is 12.1 Å². The van der Waals surface area contributed by atoms with Gasteiger partial charge in [-0.1, -0.05) is 13.8 Å². The predicted molar refractivity (Wildman–Crippen MR) is 61.2 cm³/mol. The topological polar surface area (TPSA) is 58.9 Å². The van der Waals surface area contributed by atoms with E-state index < -0.39 is 0 Å². The minimum absolute atomic E-state index is 0.0775. The van der Waals surface area contributed by atoms with Gasteiger partial charge in [0.05, 0.1) is 0 Å². The van der Waals surface area contributed by atoms with Crippen LogP contribution >= 0.6 is 15.9 Å². The molecule has 0 fully saturated rings. The standard InChI is InChI=1S/C10H15BrN2O/c1-6(2)3-9-8(11)4-7(5-12)10(14)13-9/h4,6H,3,5,12H2,1-2H3,(H,13,14). The van der Waals surface area contributed by atoms with E-state index in [2.05, 4.69) is 34.8 Å². The Morgan fingerprint density at radius 3 is 2.71 bits per heavy atom. The Labute approximate surface area is 91.8 Å². The molecule has 14 heavy (non-hydrogen) atoms. The van der Waals surface area contributed by atoms with Gasteiger partial charge >= 0.3 is 0 Å². The molecule has 0 aliphatic rings. The quantitative estimate of drug-likeness (QED) is 0.869. The van der Waals surface area contributed by atoms with Gasteiger partial charge in [0, 0.05) is 22.3 Å². The van der Waals surface area contributed by atoms with Crippen molar-refractivity contribution in [3.05, 3.63) is 32.2 Å². The zero-order valence-electron chi connectivity index (χ0n) is 8.43. The molecule has 3 nitrogen and oxygen atoms in total. The van der Waals surface area contributed by atoms with Crippen LogP contribution in [-0.2, 0) is 13.0 Å². The van der Waals surface area contributed by atoms with Crippen molar-refractivity contribution in [2.75, 3.05) is 0 Å².